The van der Waals surface area contributed by atoms with Gasteiger partial charge in [0.25, 0.3) is 0 Å². The van der Waals surface area contributed by atoms with E-state index in [4.69, 9.17) is 9.47 Å². The normalized spacial score (nSPS) is 35.3. The van der Waals surface area contributed by atoms with Gasteiger partial charge < -0.3 is 9.47 Å². The molecule has 0 amide bonds. The number of carbonyl (C=O) groups is 1. The second-order valence-electron chi connectivity index (χ2n) is 6.26. The van der Waals surface area contributed by atoms with Crippen LogP contribution in [0.2, 0.25) is 0 Å². The number of fused-ring (bicyclic) bond motifs is 2. The first-order chi connectivity index (χ1) is 8.43. The van der Waals surface area contributed by atoms with Crippen molar-refractivity contribution in [1.29, 1.82) is 0 Å². The third-order valence-electron chi connectivity index (χ3n) is 4.31. The van der Waals surface area contributed by atoms with Crippen LogP contribution in [-0.2, 0) is 14.3 Å². The minimum atomic E-state index is -0.196. The van der Waals surface area contributed by atoms with Gasteiger partial charge in [0.2, 0.25) is 0 Å². The average molecular weight is 252 g/mol. The molecule has 0 spiro atoms. The van der Waals surface area contributed by atoms with Crippen molar-refractivity contribution in [3.8, 4) is 0 Å². The van der Waals surface area contributed by atoms with Gasteiger partial charge in [-0.25, -0.2) is 0 Å². The van der Waals surface area contributed by atoms with Gasteiger partial charge in [0.05, 0.1) is 19.3 Å². The molecule has 1 heterocycles. The lowest BCUT2D eigenvalue weighted by Crippen LogP contribution is -2.48. The van der Waals surface area contributed by atoms with Crippen molar-refractivity contribution in [2.24, 2.45) is 17.3 Å². The van der Waals surface area contributed by atoms with E-state index in [1.807, 2.05) is 0 Å². The van der Waals surface area contributed by atoms with E-state index in [1.54, 1.807) is 0 Å². The van der Waals surface area contributed by atoms with Gasteiger partial charge in [-0.3, -0.25) is 4.79 Å². The van der Waals surface area contributed by atoms with E-state index in [0.29, 0.717) is 31.2 Å². The van der Waals surface area contributed by atoms with Crippen molar-refractivity contribution in [1.82, 2.24) is 0 Å². The number of allylic oxidation sites excluding steroid dienone is 1. The maximum Gasteiger partial charge on any atom is 0.302 e. The molecule has 0 aromatic carbocycles. The predicted octanol–water partition coefficient (Wildman–Crippen LogP) is 2.95. The van der Waals surface area contributed by atoms with E-state index in [2.05, 4.69) is 26.8 Å². The number of esters is 1. The fourth-order valence-corrected chi connectivity index (χ4v) is 3.19. The lowest BCUT2D eigenvalue weighted by atomic mass is 9.66. The van der Waals surface area contributed by atoms with Crippen LogP contribution in [0.25, 0.3) is 0 Å². The summed E-state index contributed by atoms with van der Waals surface area (Å²) in [5.41, 5.74) is 1.45. The van der Waals surface area contributed by atoms with E-state index in [0.717, 1.165) is 12.8 Å². The number of carbonyl (C=O) groups excluding carboxylic acids is 1. The molecular formula is C15H24O3. The van der Waals surface area contributed by atoms with Gasteiger partial charge in [0, 0.05) is 18.3 Å². The molecule has 1 unspecified atom stereocenters. The summed E-state index contributed by atoms with van der Waals surface area (Å²) < 4.78 is 11.3. The molecule has 3 nitrogen and oxygen atoms in total. The Balaban J connectivity index is 2.12. The Labute approximate surface area is 110 Å². The van der Waals surface area contributed by atoms with Crippen LogP contribution in [0.3, 0.4) is 0 Å². The van der Waals surface area contributed by atoms with Gasteiger partial charge in [-0.1, -0.05) is 25.5 Å². The van der Waals surface area contributed by atoms with E-state index in [-0.39, 0.29) is 11.4 Å². The number of ether oxygens (including phenoxy) is 2. The van der Waals surface area contributed by atoms with Crippen molar-refractivity contribution in [2.75, 3.05) is 13.2 Å². The second-order valence-corrected chi connectivity index (χ2v) is 6.26. The fourth-order valence-electron chi connectivity index (χ4n) is 3.19. The molecule has 0 aromatic heterocycles. The molecule has 1 aliphatic heterocycles. The SMILES string of the molecule is CC(=O)OC[C@]12CC=C(C)[C@@H](C1)C(C(C)C)OC2. The van der Waals surface area contributed by atoms with Gasteiger partial charge in [0.1, 0.15) is 0 Å². The van der Waals surface area contributed by atoms with Gasteiger partial charge in [0.15, 0.2) is 0 Å². The van der Waals surface area contributed by atoms with E-state index >= 15 is 0 Å². The van der Waals surface area contributed by atoms with Crippen molar-refractivity contribution in [2.45, 2.75) is 46.6 Å². The predicted molar refractivity (Wildman–Crippen MR) is 70.1 cm³/mol. The van der Waals surface area contributed by atoms with E-state index < -0.39 is 0 Å². The molecule has 18 heavy (non-hydrogen) atoms. The van der Waals surface area contributed by atoms with Gasteiger partial charge in [-0.15, -0.1) is 0 Å². The highest BCUT2D eigenvalue weighted by molar-refractivity contribution is 5.65. The highest BCUT2D eigenvalue weighted by atomic mass is 16.5. The quantitative estimate of drug-likeness (QED) is 0.572. The summed E-state index contributed by atoms with van der Waals surface area (Å²) >= 11 is 0. The maximum absolute atomic E-state index is 11.0. The van der Waals surface area contributed by atoms with Crippen molar-refractivity contribution >= 4 is 5.97 Å². The Morgan fingerprint density at radius 3 is 2.94 bits per heavy atom. The average Bonchev–Trinajstić information content (AvgIpc) is 2.32. The highest BCUT2D eigenvalue weighted by Crippen LogP contribution is 2.46. The third kappa shape index (κ3) is 2.61. The molecular weight excluding hydrogens is 228 g/mol. The highest BCUT2D eigenvalue weighted by Gasteiger charge is 2.45. The first-order valence-electron chi connectivity index (χ1n) is 6.85. The van der Waals surface area contributed by atoms with E-state index in [9.17, 15) is 4.79 Å². The Kier molecular flexibility index (Phi) is 3.81. The fraction of sp³-hybridized carbons (Fsp3) is 0.800. The molecule has 1 saturated heterocycles. The zero-order valence-corrected chi connectivity index (χ0v) is 11.9. The molecule has 3 heteroatoms. The van der Waals surface area contributed by atoms with Crippen molar-refractivity contribution < 1.29 is 14.3 Å². The molecule has 3 atom stereocenters. The lowest BCUT2D eigenvalue weighted by molar-refractivity contribution is -0.158. The Bertz CT molecular complexity index is 359. The third-order valence-corrected chi connectivity index (χ3v) is 4.31. The summed E-state index contributed by atoms with van der Waals surface area (Å²) in [6.07, 6.45) is 4.68. The first kappa shape index (κ1) is 13.6. The van der Waals surface area contributed by atoms with Gasteiger partial charge in [-0.2, -0.15) is 0 Å². The van der Waals surface area contributed by atoms with Crippen LogP contribution in [-0.4, -0.2) is 25.3 Å². The second kappa shape index (κ2) is 5.04. The smallest absolute Gasteiger partial charge is 0.302 e. The molecule has 0 radical (unpaired) electrons. The summed E-state index contributed by atoms with van der Waals surface area (Å²) in [6, 6.07) is 0. The molecule has 2 aliphatic rings. The maximum atomic E-state index is 11.0. The summed E-state index contributed by atoms with van der Waals surface area (Å²) in [7, 11) is 0. The largest absolute Gasteiger partial charge is 0.465 e. The molecule has 1 fully saturated rings. The molecule has 2 rings (SSSR count). The molecule has 0 saturated carbocycles. The van der Waals surface area contributed by atoms with Gasteiger partial charge >= 0.3 is 5.97 Å². The Hall–Kier alpha value is -0.830. The number of hydrogen-bond acceptors (Lipinski definition) is 3. The standard InChI is InChI=1S/C15H24O3/c1-10(2)14-13-7-15(9-18-14,6-5-11(13)3)8-17-12(4)16/h5,10,13-14H,6-9H2,1-4H3/t13-,14?,15+/m1/s1. The summed E-state index contributed by atoms with van der Waals surface area (Å²) in [6.45, 7) is 9.30. The topological polar surface area (TPSA) is 35.5 Å². The molecule has 102 valence electrons. The molecule has 0 aromatic rings. The molecule has 1 aliphatic carbocycles. The van der Waals surface area contributed by atoms with Crippen LogP contribution in [0, 0.1) is 17.3 Å². The van der Waals surface area contributed by atoms with Crippen LogP contribution in [0.15, 0.2) is 11.6 Å². The minimum absolute atomic E-state index is 0.0151. The van der Waals surface area contributed by atoms with E-state index in [1.165, 1.54) is 12.5 Å². The summed E-state index contributed by atoms with van der Waals surface area (Å²) in [5.74, 6) is 0.824. The lowest BCUT2D eigenvalue weighted by Gasteiger charge is -2.48. The first-order valence-corrected chi connectivity index (χ1v) is 6.85. The van der Waals surface area contributed by atoms with Gasteiger partial charge in [-0.05, 0) is 25.7 Å². The zero-order chi connectivity index (χ0) is 13.3. The number of hydrogen-bond donors (Lipinski definition) is 0. The summed E-state index contributed by atoms with van der Waals surface area (Å²) in [4.78, 5) is 11.0. The van der Waals surface area contributed by atoms with Crippen LogP contribution in [0.4, 0.5) is 0 Å². The van der Waals surface area contributed by atoms with Crippen LogP contribution >= 0.6 is 0 Å². The van der Waals surface area contributed by atoms with Crippen molar-refractivity contribution in [3.63, 3.8) is 0 Å². The molecule has 2 bridgehead atoms. The van der Waals surface area contributed by atoms with Crippen LogP contribution in [0.1, 0.15) is 40.5 Å². The Morgan fingerprint density at radius 2 is 2.33 bits per heavy atom. The summed E-state index contributed by atoms with van der Waals surface area (Å²) in [5, 5.41) is 0. The van der Waals surface area contributed by atoms with Crippen molar-refractivity contribution in [3.05, 3.63) is 11.6 Å². The number of rotatable bonds is 3. The van der Waals surface area contributed by atoms with Crippen LogP contribution < -0.4 is 0 Å². The molecule has 0 N–H and O–H groups in total. The minimum Gasteiger partial charge on any atom is -0.465 e. The van der Waals surface area contributed by atoms with Crippen LogP contribution in [0.5, 0.6) is 0 Å². The monoisotopic (exact) mass is 252 g/mol. The zero-order valence-electron chi connectivity index (χ0n) is 11.9. The Morgan fingerprint density at radius 1 is 1.61 bits per heavy atom.